The average molecular weight is 285 g/mol. The lowest BCUT2D eigenvalue weighted by atomic mass is 9.94. The Hall–Kier alpha value is -0.610. The zero-order valence-electron chi connectivity index (χ0n) is 11.2. The highest BCUT2D eigenvalue weighted by molar-refractivity contribution is 7.99. The monoisotopic (exact) mass is 285 g/mol. The van der Waals surface area contributed by atoms with E-state index in [-0.39, 0.29) is 18.2 Å². The van der Waals surface area contributed by atoms with Gasteiger partial charge in [0, 0.05) is 16.9 Å². The van der Waals surface area contributed by atoms with Gasteiger partial charge in [0.2, 0.25) is 0 Å². The molecule has 1 aliphatic rings. The van der Waals surface area contributed by atoms with Gasteiger partial charge in [-0.05, 0) is 31.9 Å². The molecule has 0 spiro atoms. The Labute approximate surface area is 118 Å². The third-order valence-electron chi connectivity index (χ3n) is 3.82. The molecular weight excluding hydrogens is 264 g/mol. The van der Waals surface area contributed by atoms with Gasteiger partial charge >= 0.3 is 0 Å². The van der Waals surface area contributed by atoms with E-state index in [2.05, 4.69) is 11.6 Å². The molecule has 2 rings (SSSR count). The molecule has 0 atom stereocenters. The van der Waals surface area contributed by atoms with Crippen LogP contribution in [0.4, 0.5) is 8.78 Å². The quantitative estimate of drug-likeness (QED) is 0.876. The summed E-state index contributed by atoms with van der Waals surface area (Å²) in [6.07, 6.45) is 6.42. The summed E-state index contributed by atoms with van der Waals surface area (Å²) in [5.41, 5.74) is 0.0975. The summed E-state index contributed by atoms with van der Waals surface area (Å²) in [4.78, 5) is 0. The van der Waals surface area contributed by atoms with Gasteiger partial charge in [-0.3, -0.25) is 0 Å². The SMILES string of the molecule is CSC1CCC(NCC(F)(F)c2ccccc2)CC1. The van der Waals surface area contributed by atoms with Crippen LogP contribution in [0.3, 0.4) is 0 Å². The van der Waals surface area contributed by atoms with Crippen molar-refractivity contribution in [2.24, 2.45) is 0 Å². The largest absolute Gasteiger partial charge is 0.308 e. The van der Waals surface area contributed by atoms with E-state index in [0.717, 1.165) is 25.7 Å². The minimum absolute atomic E-state index is 0.0975. The number of nitrogens with one attached hydrogen (secondary N) is 1. The van der Waals surface area contributed by atoms with Crippen LogP contribution in [0.15, 0.2) is 30.3 Å². The molecule has 0 heterocycles. The summed E-state index contributed by atoms with van der Waals surface area (Å²) >= 11 is 1.89. The molecule has 0 radical (unpaired) electrons. The molecular formula is C15H21F2NS. The van der Waals surface area contributed by atoms with Crippen molar-refractivity contribution < 1.29 is 8.78 Å². The van der Waals surface area contributed by atoms with Crippen LogP contribution >= 0.6 is 11.8 Å². The first kappa shape index (κ1) is 14.8. The fourth-order valence-electron chi connectivity index (χ4n) is 2.56. The first-order chi connectivity index (χ1) is 9.12. The Morgan fingerprint density at radius 3 is 2.37 bits per heavy atom. The highest BCUT2D eigenvalue weighted by Gasteiger charge is 2.32. The molecule has 0 saturated heterocycles. The number of hydrogen-bond donors (Lipinski definition) is 1. The second-order valence-electron chi connectivity index (χ2n) is 5.16. The Bertz CT molecular complexity index is 375. The van der Waals surface area contributed by atoms with Gasteiger partial charge in [0.05, 0.1) is 6.54 Å². The Kier molecular flexibility index (Phi) is 5.22. The zero-order valence-corrected chi connectivity index (χ0v) is 12.1. The standard InChI is InChI=1S/C15H21F2NS/c1-19-14-9-7-13(8-10-14)18-11-15(16,17)12-5-3-2-4-6-12/h2-6,13-14,18H,7-11H2,1H3. The number of rotatable bonds is 5. The molecule has 19 heavy (non-hydrogen) atoms. The van der Waals surface area contributed by atoms with Gasteiger partial charge < -0.3 is 5.32 Å². The van der Waals surface area contributed by atoms with E-state index in [1.807, 2.05) is 11.8 Å². The molecule has 1 nitrogen and oxygen atoms in total. The van der Waals surface area contributed by atoms with Crippen LogP contribution in [0.1, 0.15) is 31.2 Å². The van der Waals surface area contributed by atoms with E-state index in [9.17, 15) is 8.78 Å². The van der Waals surface area contributed by atoms with Gasteiger partial charge in [-0.2, -0.15) is 20.5 Å². The lowest BCUT2D eigenvalue weighted by Gasteiger charge is -2.29. The van der Waals surface area contributed by atoms with Gasteiger partial charge in [-0.1, -0.05) is 30.3 Å². The van der Waals surface area contributed by atoms with Gasteiger partial charge in [0.15, 0.2) is 0 Å². The van der Waals surface area contributed by atoms with Crippen molar-refractivity contribution in [1.82, 2.24) is 5.32 Å². The molecule has 0 aliphatic heterocycles. The van der Waals surface area contributed by atoms with Crippen LogP contribution < -0.4 is 5.32 Å². The highest BCUT2D eigenvalue weighted by atomic mass is 32.2. The highest BCUT2D eigenvalue weighted by Crippen LogP contribution is 2.29. The average Bonchev–Trinajstić information content (AvgIpc) is 2.47. The van der Waals surface area contributed by atoms with Crippen molar-refractivity contribution in [1.29, 1.82) is 0 Å². The van der Waals surface area contributed by atoms with Gasteiger partial charge in [0.25, 0.3) is 5.92 Å². The number of thioether (sulfide) groups is 1. The topological polar surface area (TPSA) is 12.0 Å². The lowest BCUT2D eigenvalue weighted by Crippen LogP contribution is -2.40. The predicted molar refractivity (Wildman–Crippen MR) is 77.9 cm³/mol. The van der Waals surface area contributed by atoms with Crippen LogP contribution in [-0.4, -0.2) is 24.1 Å². The molecule has 1 aromatic rings. The van der Waals surface area contributed by atoms with E-state index in [0.29, 0.717) is 5.25 Å². The van der Waals surface area contributed by atoms with Crippen LogP contribution in [0.2, 0.25) is 0 Å². The van der Waals surface area contributed by atoms with Crippen molar-refractivity contribution in [3.8, 4) is 0 Å². The number of alkyl halides is 2. The minimum Gasteiger partial charge on any atom is -0.308 e. The van der Waals surface area contributed by atoms with Crippen molar-refractivity contribution in [2.45, 2.75) is 42.9 Å². The second-order valence-corrected chi connectivity index (χ2v) is 6.30. The summed E-state index contributed by atoms with van der Waals surface area (Å²) in [6.45, 7) is -0.258. The molecule has 1 N–H and O–H groups in total. The summed E-state index contributed by atoms with van der Waals surface area (Å²) in [7, 11) is 0. The van der Waals surface area contributed by atoms with Crippen molar-refractivity contribution in [3.63, 3.8) is 0 Å². The molecule has 0 amide bonds. The van der Waals surface area contributed by atoms with Crippen LogP contribution in [-0.2, 0) is 5.92 Å². The zero-order chi connectivity index (χ0) is 13.7. The Balaban J connectivity index is 1.82. The van der Waals surface area contributed by atoms with Crippen LogP contribution in [0, 0.1) is 0 Å². The maximum absolute atomic E-state index is 14.0. The molecule has 1 saturated carbocycles. The van der Waals surface area contributed by atoms with Gasteiger partial charge in [0.1, 0.15) is 0 Å². The van der Waals surface area contributed by atoms with Gasteiger partial charge in [-0.15, -0.1) is 0 Å². The Morgan fingerprint density at radius 1 is 1.16 bits per heavy atom. The van der Waals surface area contributed by atoms with E-state index >= 15 is 0 Å². The molecule has 0 unspecified atom stereocenters. The normalized spacial score (nSPS) is 24.4. The maximum Gasteiger partial charge on any atom is 0.285 e. The molecule has 4 heteroatoms. The van der Waals surface area contributed by atoms with Crippen LogP contribution in [0.5, 0.6) is 0 Å². The second kappa shape index (κ2) is 6.71. The summed E-state index contributed by atoms with van der Waals surface area (Å²) < 4.78 is 28.0. The number of benzene rings is 1. The Morgan fingerprint density at radius 2 is 1.79 bits per heavy atom. The molecule has 0 bridgehead atoms. The van der Waals surface area contributed by atoms with E-state index in [1.54, 1.807) is 18.2 Å². The van der Waals surface area contributed by atoms with E-state index < -0.39 is 5.92 Å². The first-order valence-corrected chi connectivity index (χ1v) is 8.10. The fourth-order valence-corrected chi connectivity index (χ4v) is 3.30. The minimum atomic E-state index is -2.78. The summed E-state index contributed by atoms with van der Waals surface area (Å²) in [6, 6.07) is 8.31. The number of hydrogen-bond acceptors (Lipinski definition) is 2. The van der Waals surface area contributed by atoms with Crippen molar-refractivity contribution in [3.05, 3.63) is 35.9 Å². The lowest BCUT2D eigenvalue weighted by molar-refractivity contribution is -0.00672. The fraction of sp³-hybridized carbons (Fsp3) is 0.600. The molecule has 0 aromatic heterocycles. The van der Waals surface area contributed by atoms with Crippen molar-refractivity contribution >= 4 is 11.8 Å². The molecule has 1 fully saturated rings. The third-order valence-corrected chi connectivity index (χ3v) is 4.95. The summed E-state index contributed by atoms with van der Waals surface area (Å²) in [5.74, 6) is -2.78. The molecule has 1 aliphatic carbocycles. The number of halogens is 2. The van der Waals surface area contributed by atoms with Crippen molar-refractivity contribution in [2.75, 3.05) is 12.8 Å². The molecule has 106 valence electrons. The van der Waals surface area contributed by atoms with Crippen LogP contribution in [0.25, 0.3) is 0 Å². The smallest absolute Gasteiger partial charge is 0.285 e. The van der Waals surface area contributed by atoms with E-state index in [1.165, 1.54) is 12.1 Å². The van der Waals surface area contributed by atoms with Gasteiger partial charge in [-0.25, -0.2) is 0 Å². The first-order valence-electron chi connectivity index (χ1n) is 6.81. The maximum atomic E-state index is 14.0. The third kappa shape index (κ3) is 4.18. The summed E-state index contributed by atoms with van der Waals surface area (Å²) in [5, 5.41) is 3.76. The van der Waals surface area contributed by atoms with E-state index in [4.69, 9.17) is 0 Å². The predicted octanol–water partition coefficient (Wildman–Crippen LogP) is 4.04. The molecule has 1 aromatic carbocycles.